The Morgan fingerprint density at radius 1 is 1.27 bits per heavy atom. The van der Waals surface area contributed by atoms with Gasteiger partial charge in [-0.3, -0.25) is 9.59 Å². The molecule has 11 heavy (non-hydrogen) atoms. The maximum atomic E-state index is 11.2. The lowest BCUT2D eigenvalue weighted by Crippen LogP contribution is -2.18. The lowest BCUT2D eigenvalue weighted by molar-refractivity contribution is -0.129. The van der Waals surface area contributed by atoms with E-state index in [9.17, 15) is 9.59 Å². The first-order valence-electron chi connectivity index (χ1n) is 4.24. The maximum absolute atomic E-state index is 11.2. The molecule has 1 rings (SSSR count). The van der Waals surface area contributed by atoms with Gasteiger partial charge in [0.05, 0.1) is 6.42 Å². The Morgan fingerprint density at radius 2 is 2.00 bits per heavy atom. The Labute approximate surface area is 67.0 Å². The first-order chi connectivity index (χ1) is 5.20. The molecule has 0 aromatic carbocycles. The van der Waals surface area contributed by atoms with Crippen LogP contribution in [0.5, 0.6) is 0 Å². The minimum Gasteiger partial charge on any atom is -0.299 e. The van der Waals surface area contributed by atoms with E-state index in [1.807, 2.05) is 6.92 Å². The molecular formula is C9H14O2. The van der Waals surface area contributed by atoms with Gasteiger partial charge in [-0.25, -0.2) is 0 Å². The second kappa shape index (κ2) is 3.65. The number of ketones is 2. The van der Waals surface area contributed by atoms with Crippen molar-refractivity contribution in [3.63, 3.8) is 0 Å². The largest absolute Gasteiger partial charge is 0.299 e. The Morgan fingerprint density at radius 3 is 2.73 bits per heavy atom. The average Bonchev–Trinajstić information content (AvgIpc) is 1.95. The molecule has 1 aliphatic rings. The molecule has 0 radical (unpaired) electrons. The summed E-state index contributed by atoms with van der Waals surface area (Å²) in [6, 6.07) is 0. The van der Waals surface area contributed by atoms with Gasteiger partial charge in [-0.15, -0.1) is 0 Å². The van der Waals surface area contributed by atoms with Crippen LogP contribution >= 0.6 is 0 Å². The monoisotopic (exact) mass is 154 g/mol. The smallest absolute Gasteiger partial charge is 0.143 e. The van der Waals surface area contributed by atoms with Crippen molar-refractivity contribution in [3.8, 4) is 0 Å². The Balaban J connectivity index is 2.51. The van der Waals surface area contributed by atoms with Crippen LogP contribution < -0.4 is 0 Å². The molecule has 0 saturated heterocycles. The Kier molecular flexibility index (Phi) is 2.80. The predicted molar refractivity (Wildman–Crippen MR) is 42.3 cm³/mol. The van der Waals surface area contributed by atoms with E-state index in [1.165, 1.54) is 0 Å². The second-order valence-electron chi connectivity index (χ2n) is 3.33. The van der Waals surface area contributed by atoms with Gasteiger partial charge in [-0.2, -0.15) is 0 Å². The summed E-state index contributed by atoms with van der Waals surface area (Å²) in [6.45, 7) is 1.92. The normalized spacial score (nSPS) is 27.9. The zero-order valence-electron chi connectivity index (χ0n) is 6.93. The second-order valence-corrected chi connectivity index (χ2v) is 3.33. The van der Waals surface area contributed by atoms with Gasteiger partial charge in [0.25, 0.3) is 0 Å². The molecule has 0 aliphatic heterocycles. The third-order valence-corrected chi connectivity index (χ3v) is 2.26. The van der Waals surface area contributed by atoms with Crippen LogP contribution in [0.15, 0.2) is 0 Å². The molecule has 1 saturated carbocycles. The summed E-state index contributed by atoms with van der Waals surface area (Å²) in [5.41, 5.74) is 0. The standard InChI is InChI=1S/C9H14O2/c1-7-4-2-3-5-8(10)6-9(7)11/h7H,2-6H2,1H3. The zero-order chi connectivity index (χ0) is 8.27. The molecule has 0 aromatic heterocycles. The van der Waals surface area contributed by atoms with Crippen LogP contribution in [0.3, 0.4) is 0 Å². The van der Waals surface area contributed by atoms with Gasteiger partial charge in [0.2, 0.25) is 0 Å². The molecular weight excluding hydrogens is 140 g/mol. The van der Waals surface area contributed by atoms with E-state index in [-0.39, 0.29) is 23.9 Å². The summed E-state index contributed by atoms with van der Waals surface area (Å²) >= 11 is 0. The van der Waals surface area contributed by atoms with Crippen LogP contribution in [0.25, 0.3) is 0 Å². The maximum Gasteiger partial charge on any atom is 0.143 e. The van der Waals surface area contributed by atoms with Crippen molar-refractivity contribution in [2.75, 3.05) is 0 Å². The fourth-order valence-corrected chi connectivity index (χ4v) is 1.39. The van der Waals surface area contributed by atoms with Crippen molar-refractivity contribution >= 4 is 11.6 Å². The van der Waals surface area contributed by atoms with E-state index in [0.717, 1.165) is 19.3 Å². The highest BCUT2D eigenvalue weighted by Gasteiger charge is 2.18. The minimum absolute atomic E-state index is 0.110. The molecule has 0 bridgehead atoms. The SMILES string of the molecule is CC1CCCCC(=O)CC1=O. The van der Waals surface area contributed by atoms with Gasteiger partial charge in [0.1, 0.15) is 11.6 Å². The number of carbonyl (C=O) groups is 2. The first kappa shape index (κ1) is 8.44. The zero-order valence-corrected chi connectivity index (χ0v) is 6.93. The van der Waals surface area contributed by atoms with Gasteiger partial charge in [0, 0.05) is 12.3 Å². The molecule has 0 aromatic rings. The summed E-state index contributed by atoms with van der Waals surface area (Å²) in [6.07, 6.45) is 3.75. The van der Waals surface area contributed by atoms with E-state index in [2.05, 4.69) is 0 Å². The molecule has 1 atom stereocenters. The van der Waals surface area contributed by atoms with Gasteiger partial charge in [-0.1, -0.05) is 13.3 Å². The number of Topliss-reactive ketones (excluding diaryl/α,β-unsaturated/α-hetero) is 2. The summed E-state index contributed by atoms with van der Waals surface area (Å²) < 4.78 is 0. The average molecular weight is 154 g/mol. The van der Waals surface area contributed by atoms with Crippen LogP contribution in [-0.4, -0.2) is 11.6 Å². The highest BCUT2D eigenvalue weighted by atomic mass is 16.1. The topological polar surface area (TPSA) is 34.1 Å². The van der Waals surface area contributed by atoms with E-state index in [4.69, 9.17) is 0 Å². The number of hydrogen-bond acceptors (Lipinski definition) is 2. The lowest BCUT2D eigenvalue weighted by Gasteiger charge is -2.12. The molecule has 0 N–H and O–H groups in total. The molecule has 0 spiro atoms. The van der Waals surface area contributed by atoms with Crippen molar-refractivity contribution < 1.29 is 9.59 Å². The third-order valence-electron chi connectivity index (χ3n) is 2.26. The summed E-state index contributed by atoms with van der Waals surface area (Å²) in [5.74, 6) is 0.371. The minimum atomic E-state index is 0.110. The highest BCUT2D eigenvalue weighted by molar-refractivity contribution is 6.00. The van der Waals surface area contributed by atoms with Gasteiger partial charge < -0.3 is 0 Å². The molecule has 0 heterocycles. The fraction of sp³-hybridized carbons (Fsp3) is 0.778. The molecule has 1 aliphatic carbocycles. The molecule has 2 nitrogen and oxygen atoms in total. The van der Waals surface area contributed by atoms with Gasteiger partial charge in [-0.05, 0) is 12.8 Å². The third kappa shape index (κ3) is 2.45. The van der Waals surface area contributed by atoms with E-state index >= 15 is 0 Å². The van der Waals surface area contributed by atoms with E-state index in [1.54, 1.807) is 0 Å². The molecule has 2 heteroatoms. The summed E-state index contributed by atoms with van der Waals surface area (Å²) in [4.78, 5) is 22.1. The van der Waals surface area contributed by atoms with Crippen molar-refractivity contribution in [1.29, 1.82) is 0 Å². The van der Waals surface area contributed by atoms with Gasteiger partial charge in [0.15, 0.2) is 0 Å². The fourth-order valence-electron chi connectivity index (χ4n) is 1.39. The van der Waals surface area contributed by atoms with Crippen molar-refractivity contribution in [2.24, 2.45) is 5.92 Å². The van der Waals surface area contributed by atoms with E-state index < -0.39 is 0 Å². The van der Waals surface area contributed by atoms with Crippen molar-refractivity contribution in [3.05, 3.63) is 0 Å². The van der Waals surface area contributed by atoms with Crippen LogP contribution in [0, 0.1) is 5.92 Å². The number of hydrogen-bond donors (Lipinski definition) is 0. The lowest BCUT2D eigenvalue weighted by atomic mass is 9.91. The molecule has 62 valence electrons. The van der Waals surface area contributed by atoms with Crippen LogP contribution in [-0.2, 0) is 9.59 Å². The predicted octanol–water partition coefficient (Wildman–Crippen LogP) is 1.72. The summed E-state index contributed by atoms with van der Waals surface area (Å²) in [7, 11) is 0. The van der Waals surface area contributed by atoms with E-state index in [0.29, 0.717) is 6.42 Å². The number of rotatable bonds is 0. The first-order valence-corrected chi connectivity index (χ1v) is 4.24. The molecule has 1 unspecified atom stereocenters. The quantitative estimate of drug-likeness (QED) is 0.498. The Hall–Kier alpha value is -0.660. The Bertz CT molecular complexity index is 172. The summed E-state index contributed by atoms with van der Waals surface area (Å²) in [5, 5.41) is 0. The van der Waals surface area contributed by atoms with Crippen LogP contribution in [0.2, 0.25) is 0 Å². The molecule has 0 amide bonds. The van der Waals surface area contributed by atoms with Gasteiger partial charge >= 0.3 is 0 Å². The van der Waals surface area contributed by atoms with Crippen molar-refractivity contribution in [1.82, 2.24) is 0 Å². The molecule has 1 fully saturated rings. The van der Waals surface area contributed by atoms with Crippen LogP contribution in [0.4, 0.5) is 0 Å². The van der Waals surface area contributed by atoms with Crippen molar-refractivity contribution in [2.45, 2.75) is 39.0 Å². The highest BCUT2D eigenvalue weighted by Crippen LogP contribution is 2.16. The number of carbonyl (C=O) groups excluding carboxylic acids is 2. The van der Waals surface area contributed by atoms with Crippen LogP contribution in [0.1, 0.15) is 39.0 Å².